The number of hydrogen-bond acceptors (Lipinski definition) is 6. The van der Waals surface area contributed by atoms with Crippen LogP contribution in [-0.4, -0.2) is 36.4 Å². The van der Waals surface area contributed by atoms with Crippen LogP contribution in [0.15, 0.2) is 6.33 Å². The standard InChI is InChI=1S/C12H21N3O3/c1-3-5-6-16-7-8-18-12-10(13)11(17-4-2)14-9-15-12/h9H,3-8,13H2,1-2H3. The monoisotopic (exact) mass is 255 g/mol. The molecular formula is C12H21N3O3. The third-order valence-electron chi connectivity index (χ3n) is 2.20. The van der Waals surface area contributed by atoms with E-state index in [-0.39, 0.29) is 0 Å². The summed E-state index contributed by atoms with van der Waals surface area (Å²) in [5.74, 6) is 0.696. The van der Waals surface area contributed by atoms with Crippen molar-refractivity contribution < 1.29 is 14.2 Å². The second kappa shape index (κ2) is 8.52. The van der Waals surface area contributed by atoms with Gasteiger partial charge in [0.25, 0.3) is 0 Å². The van der Waals surface area contributed by atoms with E-state index in [1.54, 1.807) is 0 Å². The molecule has 0 aliphatic heterocycles. The molecule has 0 aliphatic rings. The molecule has 1 heterocycles. The largest absolute Gasteiger partial charge is 0.476 e. The molecule has 0 spiro atoms. The first-order valence-corrected chi connectivity index (χ1v) is 6.23. The topological polar surface area (TPSA) is 79.5 Å². The molecule has 1 aromatic heterocycles. The highest BCUT2D eigenvalue weighted by Crippen LogP contribution is 2.26. The first-order valence-electron chi connectivity index (χ1n) is 6.23. The van der Waals surface area contributed by atoms with Crippen molar-refractivity contribution in [3.05, 3.63) is 6.33 Å². The van der Waals surface area contributed by atoms with E-state index in [0.717, 1.165) is 19.4 Å². The van der Waals surface area contributed by atoms with Crippen molar-refractivity contribution in [1.82, 2.24) is 9.97 Å². The van der Waals surface area contributed by atoms with Gasteiger partial charge in [0.05, 0.1) is 13.2 Å². The molecule has 1 aromatic rings. The van der Waals surface area contributed by atoms with Crippen LogP contribution in [0.2, 0.25) is 0 Å². The summed E-state index contributed by atoms with van der Waals surface area (Å²) < 4.78 is 16.0. The number of nitrogen functional groups attached to an aromatic ring is 1. The van der Waals surface area contributed by atoms with E-state index in [2.05, 4.69) is 16.9 Å². The van der Waals surface area contributed by atoms with Crippen LogP contribution in [0.5, 0.6) is 11.8 Å². The summed E-state index contributed by atoms with van der Waals surface area (Å²) >= 11 is 0. The lowest BCUT2D eigenvalue weighted by Crippen LogP contribution is -2.10. The summed E-state index contributed by atoms with van der Waals surface area (Å²) in [6.07, 6.45) is 3.55. The van der Waals surface area contributed by atoms with Gasteiger partial charge in [-0.2, -0.15) is 9.97 Å². The summed E-state index contributed by atoms with van der Waals surface area (Å²) in [6.45, 7) is 6.17. The second-order valence-corrected chi connectivity index (χ2v) is 3.65. The number of ether oxygens (including phenoxy) is 3. The first-order chi connectivity index (χ1) is 8.79. The van der Waals surface area contributed by atoms with Crippen molar-refractivity contribution in [1.29, 1.82) is 0 Å². The molecule has 0 bridgehead atoms. The van der Waals surface area contributed by atoms with Crippen molar-refractivity contribution in [2.45, 2.75) is 26.7 Å². The van der Waals surface area contributed by atoms with Crippen LogP contribution in [0.1, 0.15) is 26.7 Å². The van der Waals surface area contributed by atoms with Crippen molar-refractivity contribution in [3.63, 3.8) is 0 Å². The quantitative estimate of drug-likeness (QED) is 0.676. The summed E-state index contributed by atoms with van der Waals surface area (Å²) in [5.41, 5.74) is 6.14. The van der Waals surface area contributed by atoms with Gasteiger partial charge in [-0.3, -0.25) is 0 Å². The fourth-order valence-electron chi connectivity index (χ4n) is 1.28. The number of aromatic nitrogens is 2. The molecule has 0 atom stereocenters. The average molecular weight is 255 g/mol. The zero-order valence-corrected chi connectivity index (χ0v) is 11.0. The maximum atomic E-state index is 5.82. The van der Waals surface area contributed by atoms with Gasteiger partial charge in [-0.25, -0.2) is 0 Å². The minimum atomic E-state index is 0.327. The van der Waals surface area contributed by atoms with E-state index in [0.29, 0.717) is 37.3 Å². The Kier molecular flexibility index (Phi) is 6.86. The zero-order chi connectivity index (χ0) is 13.2. The van der Waals surface area contributed by atoms with Gasteiger partial charge in [0.1, 0.15) is 12.9 Å². The Labute approximate surface area is 107 Å². The minimum absolute atomic E-state index is 0.327. The number of rotatable bonds is 9. The molecule has 102 valence electrons. The fourth-order valence-corrected chi connectivity index (χ4v) is 1.28. The molecule has 18 heavy (non-hydrogen) atoms. The maximum Gasteiger partial charge on any atom is 0.244 e. The van der Waals surface area contributed by atoms with Gasteiger partial charge >= 0.3 is 0 Å². The van der Waals surface area contributed by atoms with Gasteiger partial charge < -0.3 is 19.9 Å². The molecule has 6 heteroatoms. The third kappa shape index (κ3) is 4.75. The van der Waals surface area contributed by atoms with Crippen molar-refractivity contribution >= 4 is 5.69 Å². The Morgan fingerprint density at radius 1 is 1.06 bits per heavy atom. The number of nitrogens with two attached hydrogens (primary N) is 1. The highest BCUT2D eigenvalue weighted by Gasteiger charge is 2.09. The van der Waals surface area contributed by atoms with Crippen molar-refractivity contribution in [2.24, 2.45) is 0 Å². The Hall–Kier alpha value is -1.56. The van der Waals surface area contributed by atoms with Gasteiger partial charge in [0.2, 0.25) is 11.8 Å². The highest BCUT2D eigenvalue weighted by atomic mass is 16.5. The SMILES string of the molecule is CCCCOCCOc1ncnc(OCC)c1N. The fraction of sp³-hybridized carbons (Fsp3) is 0.667. The predicted molar refractivity (Wildman–Crippen MR) is 68.8 cm³/mol. The number of nitrogens with zero attached hydrogens (tertiary/aromatic N) is 2. The summed E-state index contributed by atoms with van der Waals surface area (Å²) in [4.78, 5) is 7.89. The van der Waals surface area contributed by atoms with Gasteiger partial charge in [-0.1, -0.05) is 13.3 Å². The van der Waals surface area contributed by atoms with Crippen LogP contribution in [-0.2, 0) is 4.74 Å². The van der Waals surface area contributed by atoms with Crippen molar-refractivity contribution in [2.75, 3.05) is 32.2 Å². The summed E-state index contributed by atoms with van der Waals surface area (Å²) in [5, 5.41) is 0. The molecule has 0 aromatic carbocycles. The van der Waals surface area contributed by atoms with Crippen LogP contribution in [0.3, 0.4) is 0 Å². The zero-order valence-electron chi connectivity index (χ0n) is 11.0. The molecule has 0 fully saturated rings. The van der Waals surface area contributed by atoms with Gasteiger partial charge in [-0.05, 0) is 13.3 Å². The van der Waals surface area contributed by atoms with E-state index >= 15 is 0 Å². The van der Waals surface area contributed by atoms with Gasteiger partial charge in [0.15, 0.2) is 5.69 Å². The van der Waals surface area contributed by atoms with Crippen LogP contribution < -0.4 is 15.2 Å². The predicted octanol–water partition coefficient (Wildman–Crippen LogP) is 1.65. The number of anilines is 1. The van der Waals surface area contributed by atoms with Crippen LogP contribution in [0.4, 0.5) is 5.69 Å². The Morgan fingerprint density at radius 3 is 2.44 bits per heavy atom. The third-order valence-corrected chi connectivity index (χ3v) is 2.20. The Morgan fingerprint density at radius 2 is 1.78 bits per heavy atom. The van der Waals surface area contributed by atoms with Crippen LogP contribution in [0, 0.1) is 0 Å². The number of hydrogen-bond donors (Lipinski definition) is 1. The molecule has 0 unspecified atom stereocenters. The minimum Gasteiger partial charge on any atom is -0.476 e. The molecule has 0 saturated heterocycles. The maximum absolute atomic E-state index is 5.82. The number of unbranched alkanes of at least 4 members (excludes halogenated alkanes) is 1. The molecule has 2 N–H and O–H groups in total. The van der Waals surface area contributed by atoms with Gasteiger partial charge in [0, 0.05) is 6.61 Å². The Balaban J connectivity index is 2.35. The van der Waals surface area contributed by atoms with E-state index < -0.39 is 0 Å². The lowest BCUT2D eigenvalue weighted by Gasteiger charge is -2.10. The summed E-state index contributed by atoms with van der Waals surface area (Å²) in [6, 6.07) is 0. The average Bonchev–Trinajstić information content (AvgIpc) is 2.38. The molecule has 1 rings (SSSR count). The molecular weight excluding hydrogens is 234 g/mol. The molecule has 0 saturated carbocycles. The van der Waals surface area contributed by atoms with E-state index in [1.807, 2.05) is 6.92 Å². The van der Waals surface area contributed by atoms with E-state index in [4.69, 9.17) is 19.9 Å². The Bertz CT molecular complexity index is 347. The smallest absolute Gasteiger partial charge is 0.244 e. The molecule has 0 aliphatic carbocycles. The lowest BCUT2D eigenvalue weighted by atomic mass is 10.4. The molecule has 6 nitrogen and oxygen atoms in total. The van der Waals surface area contributed by atoms with E-state index in [1.165, 1.54) is 6.33 Å². The lowest BCUT2D eigenvalue weighted by molar-refractivity contribution is 0.0966. The summed E-state index contributed by atoms with van der Waals surface area (Å²) in [7, 11) is 0. The van der Waals surface area contributed by atoms with E-state index in [9.17, 15) is 0 Å². The normalized spacial score (nSPS) is 10.3. The molecule has 0 radical (unpaired) electrons. The van der Waals surface area contributed by atoms with Crippen molar-refractivity contribution in [3.8, 4) is 11.8 Å². The second-order valence-electron chi connectivity index (χ2n) is 3.65. The molecule has 0 amide bonds. The van der Waals surface area contributed by atoms with Crippen LogP contribution >= 0.6 is 0 Å². The van der Waals surface area contributed by atoms with Gasteiger partial charge in [-0.15, -0.1) is 0 Å². The van der Waals surface area contributed by atoms with Crippen LogP contribution in [0.25, 0.3) is 0 Å². The first kappa shape index (κ1) is 14.5. The highest BCUT2D eigenvalue weighted by molar-refractivity contribution is 5.55.